The second-order valence-electron chi connectivity index (χ2n) is 9.08. The van der Waals surface area contributed by atoms with Crippen LogP contribution in [0.5, 0.6) is 0 Å². The van der Waals surface area contributed by atoms with E-state index in [-0.39, 0.29) is 24.2 Å². The van der Waals surface area contributed by atoms with E-state index in [0.29, 0.717) is 41.7 Å². The third kappa shape index (κ3) is 3.92. The van der Waals surface area contributed by atoms with Gasteiger partial charge in [-0.2, -0.15) is 0 Å². The molecule has 1 aliphatic rings. The van der Waals surface area contributed by atoms with E-state index < -0.39 is 11.6 Å². The Morgan fingerprint density at radius 1 is 1.03 bits per heavy atom. The fraction of sp³-hybridized carbons (Fsp3) is 0.480. The van der Waals surface area contributed by atoms with Crippen molar-refractivity contribution in [1.29, 1.82) is 0 Å². The summed E-state index contributed by atoms with van der Waals surface area (Å²) < 4.78 is 11.6. The van der Waals surface area contributed by atoms with Crippen LogP contribution in [0.3, 0.4) is 0 Å². The second kappa shape index (κ2) is 8.45. The van der Waals surface area contributed by atoms with E-state index in [1.54, 1.807) is 0 Å². The maximum Gasteiger partial charge on any atom is 0.340 e. The molecule has 2 heterocycles. The summed E-state index contributed by atoms with van der Waals surface area (Å²) in [5.74, 6) is -0.174. The first-order valence-electron chi connectivity index (χ1n) is 11.1. The number of benzene rings is 1. The average molecular weight is 440 g/mol. The van der Waals surface area contributed by atoms with E-state index in [9.17, 15) is 14.4 Å². The lowest BCUT2D eigenvalue weighted by Gasteiger charge is -2.26. The molecule has 1 aromatic carbocycles. The standard InChI is InChI=1S/C25H29NO6/c1-12-9-19-22(23-21(12)13(2)15(4)31-23)14(3)18(25(30)32-19)10-20(27)26-11-16-5-7-17(8-6-16)24(28)29/h9,16-17H,5-8,10-11H2,1-4H3,(H,26,27)(H,28,29). The lowest BCUT2D eigenvalue weighted by molar-refractivity contribution is -0.143. The molecule has 2 aromatic heterocycles. The fourth-order valence-electron chi connectivity index (χ4n) is 4.93. The summed E-state index contributed by atoms with van der Waals surface area (Å²) in [5.41, 5.74) is 3.72. The van der Waals surface area contributed by atoms with Gasteiger partial charge in [-0.25, -0.2) is 4.79 Å². The SMILES string of the molecule is Cc1oc2c(c(C)cc3oc(=O)c(CC(=O)NCC4CCC(C(=O)O)CC4)c(C)c32)c1C. The van der Waals surface area contributed by atoms with Gasteiger partial charge in [0.1, 0.15) is 16.9 Å². The molecule has 1 saturated carbocycles. The molecule has 1 fully saturated rings. The summed E-state index contributed by atoms with van der Waals surface area (Å²) in [6, 6.07) is 1.85. The molecule has 32 heavy (non-hydrogen) atoms. The van der Waals surface area contributed by atoms with Gasteiger partial charge in [-0.3, -0.25) is 9.59 Å². The maximum atomic E-state index is 12.7. The molecule has 4 rings (SSSR count). The zero-order chi connectivity index (χ0) is 23.2. The van der Waals surface area contributed by atoms with Crippen molar-refractivity contribution >= 4 is 33.8 Å². The predicted octanol–water partition coefficient (Wildman–Crippen LogP) is 4.32. The van der Waals surface area contributed by atoms with Gasteiger partial charge in [-0.05, 0) is 82.1 Å². The van der Waals surface area contributed by atoms with Crippen molar-refractivity contribution < 1.29 is 23.5 Å². The van der Waals surface area contributed by atoms with Crippen LogP contribution in [0.25, 0.3) is 21.9 Å². The van der Waals surface area contributed by atoms with Gasteiger partial charge in [-0.15, -0.1) is 0 Å². The van der Waals surface area contributed by atoms with Crippen LogP contribution in [0.4, 0.5) is 0 Å². The van der Waals surface area contributed by atoms with Crippen molar-refractivity contribution in [2.24, 2.45) is 11.8 Å². The molecule has 1 aliphatic carbocycles. The Kier molecular flexibility index (Phi) is 5.84. The number of nitrogens with one attached hydrogen (secondary N) is 1. The molecule has 7 heteroatoms. The Balaban J connectivity index is 1.55. The monoisotopic (exact) mass is 439 g/mol. The zero-order valence-electron chi connectivity index (χ0n) is 19.0. The molecule has 0 spiro atoms. The average Bonchev–Trinajstić information content (AvgIpc) is 3.04. The van der Waals surface area contributed by atoms with Crippen LogP contribution in [0, 0.1) is 39.5 Å². The van der Waals surface area contributed by atoms with Crippen molar-refractivity contribution in [3.05, 3.63) is 44.5 Å². The third-order valence-electron chi connectivity index (χ3n) is 7.00. The van der Waals surface area contributed by atoms with Crippen molar-refractivity contribution in [3.63, 3.8) is 0 Å². The minimum absolute atomic E-state index is 0.0668. The molecule has 0 saturated heterocycles. The van der Waals surface area contributed by atoms with Gasteiger partial charge in [0.15, 0.2) is 0 Å². The largest absolute Gasteiger partial charge is 0.481 e. The minimum atomic E-state index is -0.739. The molecule has 1 amide bonds. The number of fused-ring (bicyclic) bond motifs is 3. The van der Waals surface area contributed by atoms with Gasteiger partial charge in [0.2, 0.25) is 5.91 Å². The molecule has 3 aromatic rings. The number of carboxylic acids is 1. The highest BCUT2D eigenvalue weighted by molar-refractivity contribution is 6.07. The number of rotatable bonds is 5. The number of hydrogen-bond donors (Lipinski definition) is 2. The van der Waals surface area contributed by atoms with Gasteiger partial charge in [0.05, 0.1) is 23.3 Å². The summed E-state index contributed by atoms with van der Waals surface area (Å²) in [6.07, 6.45) is 2.77. The molecular weight excluding hydrogens is 410 g/mol. The predicted molar refractivity (Wildman–Crippen MR) is 121 cm³/mol. The molecule has 0 radical (unpaired) electrons. The third-order valence-corrected chi connectivity index (χ3v) is 7.00. The molecule has 2 N–H and O–H groups in total. The molecule has 7 nitrogen and oxygen atoms in total. The van der Waals surface area contributed by atoms with E-state index >= 15 is 0 Å². The number of carbonyl (C=O) groups excluding carboxylic acids is 1. The molecule has 0 aliphatic heterocycles. The number of carboxylic acid groups (broad SMARTS) is 1. The molecular formula is C25H29NO6. The van der Waals surface area contributed by atoms with E-state index in [2.05, 4.69) is 5.32 Å². The zero-order valence-corrected chi connectivity index (χ0v) is 19.0. The van der Waals surface area contributed by atoms with E-state index in [1.807, 2.05) is 33.8 Å². The number of aliphatic carboxylic acids is 1. The second-order valence-corrected chi connectivity index (χ2v) is 9.08. The Morgan fingerprint density at radius 2 is 1.72 bits per heavy atom. The number of amides is 1. The topological polar surface area (TPSA) is 110 Å². The smallest absolute Gasteiger partial charge is 0.340 e. The molecule has 170 valence electrons. The normalized spacial score (nSPS) is 18.9. The number of aryl methyl sites for hydroxylation is 4. The quantitative estimate of drug-likeness (QED) is 0.573. The molecule has 0 atom stereocenters. The van der Waals surface area contributed by atoms with Gasteiger partial charge < -0.3 is 19.3 Å². The first kappa shape index (κ1) is 22.1. The van der Waals surface area contributed by atoms with Crippen molar-refractivity contribution in [1.82, 2.24) is 5.32 Å². The summed E-state index contributed by atoms with van der Waals surface area (Å²) in [4.78, 5) is 36.4. The fourth-order valence-corrected chi connectivity index (χ4v) is 4.93. The van der Waals surface area contributed by atoms with Crippen LogP contribution in [-0.2, 0) is 16.0 Å². The summed E-state index contributed by atoms with van der Waals surface area (Å²) in [7, 11) is 0. The van der Waals surface area contributed by atoms with Crippen molar-refractivity contribution in [3.8, 4) is 0 Å². The van der Waals surface area contributed by atoms with Crippen LogP contribution >= 0.6 is 0 Å². The Morgan fingerprint density at radius 3 is 2.38 bits per heavy atom. The number of carbonyl (C=O) groups is 2. The summed E-state index contributed by atoms with van der Waals surface area (Å²) >= 11 is 0. The number of furan rings is 1. The Labute approximate surface area is 185 Å². The summed E-state index contributed by atoms with van der Waals surface area (Å²) in [5, 5.41) is 13.8. The van der Waals surface area contributed by atoms with Crippen LogP contribution < -0.4 is 10.9 Å². The van der Waals surface area contributed by atoms with Gasteiger partial charge in [0.25, 0.3) is 0 Å². The van der Waals surface area contributed by atoms with E-state index in [0.717, 1.165) is 40.5 Å². The molecule has 0 unspecified atom stereocenters. The lowest BCUT2D eigenvalue weighted by atomic mass is 9.82. The maximum absolute atomic E-state index is 12.7. The Bertz CT molecular complexity index is 1270. The number of hydrogen-bond acceptors (Lipinski definition) is 5. The summed E-state index contributed by atoms with van der Waals surface area (Å²) in [6.45, 7) is 8.20. The minimum Gasteiger partial charge on any atom is -0.481 e. The van der Waals surface area contributed by atoms with Gasteiger partial charge in [-0.1, -0.05) is 0 Å². The van der Waals surface area contributed by atoms with Crippen molar-refractivity contribution in [2.75, 3.05) is 6.54 Å². The highest BCUT2D eigenvalue weighted by Crippen LogP contribution is 2.36. The Hall–Kier alpha value is -3.09. The van der Waals surface area contributed by atoms with Gasteiger partial charge in [0, 0.05) is 11.9 Å². The highest BCUT2D eigenvalue weighted by atomic mass is 16.4. The van der Waals surface area contributed by atoms with E-state index in [4.69, 9.17) is 13.9 Å². The first-order valence-corrected chi connectivity index (χ1v) is 11.1. The van der Waals surface area contributed by atoms with Crippen LogP contribution in [0.1, 0.15) is 53.7 Å². The van der Waals surface area contributed by atoms with Crippen molar-refractivity contribution in [2.45, 2.75) is 59.8 Å². The highest BCUT2D eigenvalue weighted by Gasteiger charge is 2.26. The van der Waals surface area contributed by atoms with E-state index in [1.165, 1.54) is 0 Å². The van der Waals surface area contributed by atoms with Crippen LogP contribution in [-0.4, -0.2) is 23.5 Å². The van der Waals surface area contributed by atoms with Gasteiger partial charge >= 0.3 is 11.6 Å². The van der Waals surface area contributed by atoms with Crippen LogP contribution in [0.15, 0.2) is 19.7 Å². The molecule has 0 bridgehead atoms. The lowest BCUT2D eigenvalue weighted by Crippen LogP contribution is -2.34. The first-order chi connectivity index (χ1) is 15.2. The van der Waals surface area contributed by atoms with Crippen LogP contribution in [0.2, 0.25) is 0 Å².